The van der Waals surface area contributed by atoms with Crippen LogP contribution in [-0.4, -0.2) is 21.7 Å². The number of benzene rings is 1. The molecule has 4 rings (SSSR count). The molecule has 21 heavy (non-hydrogen) atoms. The number of pyridine rings is 1. The number of nitrogens with two attached hydrogens (primary N) is 1. The zero-order chi connectivity index (χ0) is 14.2. The van der Waals surface area contributed by atoms with Crippen molar-refractivity contribution in [3.8, 4) is 17.2 Å². The molecule has 3 heterocycles. The zero-order valence-electron chi connectivity index (χ0n) is 11.1. The van der Waals surface area contributed by atoms with E-state index in [0.717, 1.165) is 16.9 Å². The summed E-state index contributed by atoms with van der Waals surface area (Å²) in [4.78, 5) is 8.41. The molecule has 104 valence electrons. The summed E-state index contributed by atoms with van der Waals surface area (Å²) in [5.74, 6) is 2.34. The van der Waals surface area contributed by atoms with Gasteiger partial charge in [-0.25, -0.2) is 4.98 Å². The van der Waals surface area contributed by atoms with Gasteiger partial charge in [-0.05, 0) is 18.2 Å². The van der Waals surface area contributed by atoms with Crippen molar-refractivity contribution in [2.45, 2.75) is 5.92 Å². The molecule has 1 aliphatic heterocycles. The molecule has 1 unspecified atom stereocenters. The summed E-state index contributed by atoms with van der Waals surface area (Å²) in [6.45, 7) is 0.525. The van der Waals surface area contributed by atoms with Crippen LogP contribution in [0.2, 0.25) is 0 Å². The Morgan fingerprint density at radius 2 is 2.10 bits per heavy atom. The minimum Gasteiger partial charge on any atom is -0.492 e. The lowest BCUT2D eigenvalue weighted by atomic mass is 10.0. The molecule has 0 saturated carbocycles. The van der Waals surface area contributed by atoms with E-state index in [-0.39, 0.29) is 5.92 Å². The average Bonchev–Trinajstić information content (AvgIpc) is 3.14. The Balaban J connectivity index is 1.70. The van der Waals surface area contributed by atoms with Gasteiger partial charge in [0.05, 0.1) is 5.92 Å². The van der Waals surface area contributed by atoms with Gasteiger partial charge in [-0.3, -0.25) is 0 Å². The van der Waals surface area contributed by atoms with Crippen molar-refractivity contribution in [2.75, 3.05) is 12.3 Å². The van der Waals surface area contributed by atoms with Crippen LogP contribution in [0.4, 0.5) is 5.82 Å². The third-order valence-electron chi connectivity index (χ3n) is 3.48. The van der Waals surface area contributed by atoms with Gasteiger partial charge in [0.25, 0.3) is 5.89 Å². The fraction of sp³-hybridized carbons (Fsp3) is 0.133. The van der Waals surface area contributed by atoms with Gasteiger partial charge in [-0.15, -0.1) is 0 Å². The maximum absolute atomic E-state index is 5.67. The fourth-order valence-corrected chi connectivity index (χ4v) is 2.45. The van der Waals surface area contributed by atoms with Crippen LogP contribution in [-0.2, 0) is 0 Å². The molecule has 0 saturated heterocycles. The smallest absolute Gasteiger partial charge is 0.258 e. The molecular formula is C15H12N4O2. The molecular weight excluding hydrogens is 268 g/mol. The van der Waals surface area contributed by atoms with Gasteiger partial charge in [0.15, 0.2) is 5.82 Å². The van der Waals surface area contributed by atoms with Crippen molar-refractivity contribution in [3.05, 3.63) is 54.0 Å². The van der Waals surface area contributed by atoms with E-state index in [1.54, 1.807) is 18.3 Å². The maximum Gasteiger partial charge on any atom is 0.258 e. The normalized spacial score (nSPS) is 16.5. The number of hydrogen-bond acceptors (Lipinski definition) is 6. The van der Waals surface area contributed by atoms with Crippen molar-refractivity contribution in [2.24, 2.45) is 0 Å². The number of nitrogen functional groups attached to an aromatic ring is 1. The van der Waals surface area contributed by atoms with E-state index < -0.39 is 0 Å². The van der Waals surface area contributed by atoms with Gasteiger partial charge in [0, 0.05) is 17.3 Å². The second kappa shape index (κ2) is 4.59. The van der Waals surface area contributed by atoms with Gasteiger partial charge in [0.2, 0.25) is 0 Å². The van der Waals surface area contributed by atoms with E-state index in [1.807, 2.05) is 24.3 Å². The molecule has 3 aromatic rings. The molecule has 0 bridgehead atoms. The molecule has 6 heteroatoms. The van der Waals surface area contributed by atoms with E-state index in [2.05, 4.69) is 15.1 Å². The van der Waals surface area contributed by atoms with Crippen molar-refractivity contribution in [1.29, 1.82) is 0 Å². The zero-order valence-corrected chi connectivity index (χ0v) is 11.1. The van der Waals surface area contributed by atoms with Gasteiger partial charge >= 0.3 is 0 Å². The topological polar surface area (TPSA) is 87.1 Å². The predicted octanol–water partition coefficient (Wildman–Crippen LogP) is 2.24. The van der Waals surface area contributed by atoms with Gasteiger partial charge in [-0.2, -0.15) is 4.98 Å². The number of hydrogen-bond donors (Lipinski definition) is 1. The summed E-state index contributed by atoms with van der Waals surface area (Å²) in [6.07, 6.45) is 1.61. The Hall–Kier alpha value is -2.89. The number of fused-ring (bicyclic) bond motifs is 1. The first-order valence-electron chi connectivity index (χ1n) is 6.58. The Morgan fingerprint density at radius 1 is 1.19 bits per heavy atom. The monoisotopic (exact) mass is 280 g/mol. The number of anilines is 1. The van der Waals surface area contributed by atoms with Gasteiger partial charge < -0.3 is 15.0 Å². The first kappa shape index (κ1) is 11.9. The van der Waals surface area contributed by atoms with Crippen LogP contribution in [0.25, 0.3) is 11.5 Å². The molecule has 0 radical (unpaired) electrons. The molecule has 0 amide bonds. The Labute approximate surface area is 120 Å². The number of nitrogens with zero attached hydrogens (tertiary/aromatic N) is 3. The lowest BCUT2D eigenvalue weighted by molar-refractivity contribution is 0.335. The predicted molar refractivity (Wildman–Crippen MR) is 75.7 cm³/mol. The lowest BCUT2D eigenvalue weighted by Gasteiger charge is -2.01. The molecule has 0 spiro atoms. The van der Waals surface area contributed by atoms with Crippen molar-refractivity contribution < 1.29 is 9.26 Å². The number of ether oxygens (including phenoxy) is 1. The SMILES string of the molecule is Nc1cc(-c2nc(C3COc4ccccc43)no2)ccn1. The average molecular weight is 280 g/mol. The highest BCUT2D eigenvalue weighted by atomic mass is 16.5. The summed E-state index contributed by atoms with van der Waals surface area (Å²) >= 11 is 0. The summed E-state index contributed by atoms with van der Waals surface area (Å²) in [7, 11) is 0. The summed E-state index contributed by atoms with van der Waals surface area (Å²) < 4.78 is 11.0. The molecule has 1 aromatic carbocycles. The highest BCUT2D eigenvalue weighted by molar-refractivity contribution is 5.56. The van der Waals surface area contributed by atoms with Crippen LogP contribution in [0.5, 0.6) is 5.75 Å². The lowest BCUT2D eigenvalue weighted by Crippen LogP contribution is -2.04. The summed E-state index contributed by atoms with van der Waals surface area (Å²) in [5, 5.41) is 4.08. The second-order valence-electron chi connectivity index (χ2n) is 4.83. The minimum atomic E-state index is -0.00196. The van der Waals surface area contributed by atoms with Crippen LogP contribution in [0.15, 0.2) is 47.1 Å². The van der Waals surface area contributed by atoms with Gasteiger partial charge in [-0.1, -0.05) is 23.4 Å². The number of para-hydroxylation sites is 1. The first-order chi connectivity index (χ1) is 10.3. The highest BCUT2D eigenvalue weighted by Crippen LogP contribution is 2.37. The van der Waals surface area contributed by atoms with E-state index in [9.17, 15) is 0 Å². The fourth-order valence-electron chi connectivity index (χ4n) is 2.45. The van der Waals surface area contributed by atoms with Crippen LogP contribution < -0.4 is 10.5 Å². The van der Waals surface area contributed by atoms with E-state index in [4.69, 9.17) is 15.0 Å². The van der Waals surface area contributed by atoms with E-state index >= 15 is 0 Å². The third-order valence-corrected chi connectivity index (χ3v) is 3.48. The standard InChI is InChI=1S/C15H12N4O2/c16-13-7-9(5-6-17-13)15-18-14(19-21-15)11-8-20-12-4-2-1-3-10(11)12/h1-7,11H,8H2,(H2,16,17). The minimum absolute atomic E-state index is 0.00196. The van der Waals surface area contributed by atoms with Crippen molar-refractivity contribution in [1.82, 2.24) is 15.1 Å². The van der Waals surface area contributed by atoms with E-state index in [1.165, 1.54) is 0 Å². The third kappa shape index (κ3) is 2.01. The molecule has 1 aliphatic rings. The molecule has 2 N–H and O–H groups in total. The molecule has 0 aliphatic carbocycles. The largest absolute Gasteiger partial charge is 0.492 e. The van der Waals surface area contributed by atoms with Crippen LogP contribution >= 0.6 is 0 Å². The Kier molecular flexibility index (Phi) is 2.60. The molecule has 1 atom stereocenters. The number of aromatic nitrogens is 3. The molecule has 6 nitrogen and oxygen atoms in total. The molecule has 2 aromatic heterocycles. The molecule has 0 fully saturated rings. The highest BCUT2D eigenvalue weighted by Gasteiger charge is 2.29. The van der Waals surface area contributed by atoms with Crippen LogP contribution in [0, 0.1) is 0 Å². The first-order valence-corrected chi connectivity index (χ1v) is 6.58. The van der Waals surface area contributed by atoms with E-state index in [0.29, 0.717) is 24.1 Å². The summed E-state index contributed by atoms with van der Waals surface area (Å²) in [5.41, 5.74) is 7.51. The van der Waals surface area contributed by atoms with Crippen LogP contribution in [0.1, 0.15) is 17.3 Å². The number of rotatable bonds is 2. The maximum atomic E-state index is 5.67. The van der Waals surface area contributed by atoms with Crippen molar-refractivity contribution in [3.63, 3.8) is 0 Å². The Bertz CT molecular complexity index is 800. The second-order valence-corrected chi connectivity index (χ2v) is 4.83. The Morgan fingerprint density at radius 3 is 3.00 bits per heavy atom. The quantitative estimate of drug-likeness (QED) is 0.774. The summed E-state index contributed by atoms with van der Waals surface area (Å²) in [6, 6.07) is 11.4. The van der Waals surface area contributed by atoms with Crippen molar-refractivity contribution >= 4 is 5.82 Å². The van der Waals surface area contributed by atoms with Gasteiger partial charge in [0.1, 0.15) is 18.2 Å². The van der Waals surface area contributed by atoms with Crippen LogP contribution in [0.3, 0.4) is 0 Å².